The van der Waals surface area contributed by atoms with Gasteiger partial charge in [-0.25, -0.2) is 4.79 Å². The zero-order chi connectivity index (χ0) is 22.4. The number of nitrogens with one attached hydrogen (secondary N) is 1. The molecule has 0 aliphatic carbocycles. The van der Waals surface area contributed by atoms with Crippen molar-refractivity contribution in [1.82, 2.24) is 14.8 Å². The fourth-order valence-electron chi connectivity index (χ4n) is 3.78. The molecule has 0 unspecified atom stereocenters. The molecule has 2 amide bonds. The standard InChI is InChI=1S/C23H29N3O4S/c1-16(2)24-21(27)15-31-20-9-5-4-7-18(20)22(28)25-13-10-17(11-14-25)26-12-6-8-19(26)23(29)30-3/h4-9,12,16-17H,10-11,13-15H2,1-3H3,(H,24,27). The van der Waals surface area contributed by atoms with Crippen LogP contribution in [0, 0.1) is 0 Å². The maximum absolute atomic E-state index is 13.2. The number of piperidine rings is 1. The van der Waals surface area contributed by atoms with Gasteiger partial charge < -0.3 is 19.5 Å². The minimum absolute atomic E-state index is 0.0217. The van der Waals surface area contributed by atoms with E-state index in [0.29, 0.717) is 24.3 Å². The van der Waals surface area contributed by atoms with Crippen LogP contribution in [0.1, 0.15) is 53.6 Å². The van der Waals surface area contributed by atoms with Gasteiger partial charge in [-0.3, -0.25) is 9.59 Å². The summed E-state index contributed by atoms with van der Waals surface area (Å²) in [5.41, 5.74) is 1.16. The van der Waals surface area contributed by atoms with Gasteiger partial charge in [0.1, 0.15) is 5.69 Å². The lowest BCUT2D eigenvalue weighted by Crippen LogP contribution is -2.39. The van der Waals surface area contributed by atoms with Crippen LogP contribution in [0.3, 0.4) is 0 Å². The Morgan fingerprint density at radius 3 is 2.52 bits per heavy atom. The zero-order valence-electron chi connectivity index (χ0n) is 18.2. The van der Waals surface area contributed by atoms with E-state index in [1.807, 2.05) is 59.8 Å². The number of rotatable bonds is 7. The number of nitrogens with zero attached hydrogens (tertiary/aromatic N) is 2. The lowest BCUT2D eigenvalue weighted by Gasteiger charge is -2.33. The highest BCUT2D eigenvalue weighted by Crippen LogP contribution is 2.28. The second kappa shape index (κ2) is 10.5. The molecule has 1 saturated heterocycles. The molecule has 3 rings (SSSR count). The summed E-state index contributed by atoms with van der Waals surface area (Å²) in [6.45, 7) is 5.06. The van der Waals surface area contributed by atoms with Crippen LogP contribution in [0.15, 0.2) is 47.5 Å². The molecule has 2 heterocycles. The third-order valence-electron chi connectivity index (χ3n) is 5.24. The molecule has 7 nitrogen and oxygen atoms in total. The van der Waals surface area contributed by atoms with Crippen molar-refractivity contribution in [3.8, 4) is 0 Å². The van der Waals surface area contributed by atoms with Crippen LogP contribution in [-0.4, -0.2) is 59.2 Å². The van der Waals surface area contributed by atoms with Gasteiger partial charge in [-0.05, 0) is 51.0 Å². The van der Waals surface area contributed by atoms with Crippen molar-refractivity contribution in [3.63, 3.8) is 0 Å². The molecule has 1 fully saturated rings. The summed E-state index contributed by atoms with van der Waals surface area (Å²) in [5.74, 6) is -0.146. The Morgan fingerprint density at radius 2 is 1.84 bits per heavy atom. The summed E-state index contributed by atoms with van der Waals surface area (Å²) in [6, 6.07) is 11.3. The van der Waals surface area contributed by atoms with E-state index in [4.69, 9.17) is 4.74 Å². The van der Waals surface area contributed by atoms with Crippen molar-refractivity contribution >= 4 is 29.5 Å². The van der Waals surface area contributed by atoms with Gasteiger partial charge in [0.05, 0.1) is 18.4 Å². The van der Waals surface area contributed by atoms with Crippen LogP contribution in [0.5, 0.6) is 0 Å². The molecule has 166 valence electrons. The number of thioether (sulfide) groups is 1. The van der Waals surface area contributed by atoms with Gasteiger partial charge in [-0.15, -0.1) is 11.8 Å². The highest BCUT2D eigenvalue weighted by molar-refractivity contribution is 8.00. The second-order valence-electron chi connectivity index (χ2n) is 7.82. The summed E-state index contributed by atoms with van der Waals surface area (Å²) >= 11 is 1.38. The molecule has 0 atom stereocenters. The van der Waals surface area contributed by atoms with Crippen LogP contribution in [0.25, 0.3) is 0 Å². The van der Waals surface area contributed by atoms with Crippen molar-refractivity contribution in [1.29, 1.82) is 0 Å². The van der Waals surface area contributed by atoms with Crippen LogP contribution in [0.4, 0.5) is 0 Å². The second-order valence-corrected chi connectivity index (χ2v) is 8.84. The Hall–Kier alpha value is -2.74. The predicted octanol–water partition coefficient (Wildman–Crippen LogP) is 3.37. The largest absolute Gasteiger partial charge is 0.464 e. The van der Waals surface area contributed by atoms with Crippen molar-refractivity contribution in [2.45, 2.75) is 43.7 Å². The number of aromatic nitrogens is 1. The van der Waals surface area contributed by atoms with Crippen molar-refractivity contribution in [2.24, 2.45) is 0 Å². The first-order chi connectivity index (χ1) is 14.9. The minimum atomic E-state index is -0.351. The first-order valence-electron chi connectivity index (χ1n) is 10.5. The van der Waals surface area contributed by atoms with Gasteiger partial charge in [0, 0.05) is 36.3 Å². The summed E-state index contributed by atoms with van der Waals surface area (Å²) in [7, 11) is 1.38. The number of benzene rings is 1. The molecule has 1 aromatic heterocycles. The Labute approximate surface area is 187 Å². The first-order valence-corrected chi connectivity index (χ1v) is 11.4. The summed E-state index contributed by atoms with van der Waals surface area (Å²) in [6.07, 6.45) is 3.41. The topological polar surface area (TPSA) is 80.6 Å². The molecule has 1 aliphatic heterocycles. The lowest BCUT2D eigenvalue weighted by atomic mass is 10.0. The Balaban J connectivity index is 1.63. The Bertz CT molecular complexity index is 932. The Morgan fingerprint density at radius 1 is 1.13 bits per heavy atom. The number of carbonyl (C=O) groups excluding carboxylic acids is 3. The molecule has 0 spiro atoms. The van der Waals surface area contributed by atoms with Gasteiger partial charge in [0.25, 0.3) is 5.91 Å². The molecule has 1 aliphatic rings. The van der Waals surface area contributed by atoms with E-state index in [1.165, 1.54) is 18.9 Å². The van der Waals surface area contributed by atoms with Gasteiger partial charge in [-0.2, -0.15) is 0 Å². The lowest BCUT2D eigenvalue weighted by molar-refractivity contribution is -0.119. The Kier molecular flexibility index (Phi) is 7.79. The van der Waals surface area contributed by atoms with E-state index in [0.717, 1.165) is 17.7 Å². The molecule has 31 heavy (non-hydrogen) atoms. The minimum Gasteiger partial charge on any atom is -0.464 e. The maximum Gasteiger partial charge on any atom is 0.354 e. The fourth-order valence-corrected chi connectivity index (χ4v) is 4.64. The average Bonchev–Trinajstić information content (AvgIpc) is 3.26. The third-order valence-corrected chi connectivity index (χ3v) is 6.32. The zero-order valence-corrected chi connectivity index (χ0v) is 19.0. The quantitative estimate of drug-likeness (QED) is 0.524. The smallest absolute Gasteiger partial charge is 0.354 e. The molecule has 8 heteroatoms. The predicted molar refractivity (Wildman–Crippen MR) is 120 cm³/mol. The van der Waals surface area contributed by atoms with Crippen LogP contribution < -0.4 is 5.32 Å². The van der Waals surface area contributed by atoms with Gasteiger partial charge >= 0.3 is 5.97 Å². The average molecular weight is 444 g/mol. The highest BCUT2D eigenvalue weighted by atomic mass is 32.2. The number of methoxy groups -OCH3 is 1. The number of hydrogen-bond acceptors (Lipinski definition) is 5. The molecule has 1 aromatic carbocycles. The summed E-state index contributed by atoms with van der Waals surface area (Å²) in [5, 5.41) is 2.87. The van der Waals surface area contributed by atoms with Gasteiger partial charge in [0.2, 0.25) is 5.91 Å². The SMILES string of the molecule is COC(=O)c1cccn1C1CCN(C(=O)c2ccccc2SCC(=O)NC(C)C)CC1. The van der Waals surface area contributed by atoms with Crippen LogP contribution in [0.2, 0.25) is 0 Å². The van der Waals surface area contributed by atoms with Crippen LogP contribution in [-0.2, 0) is 9.53 Å². The first kappa shape index (κ1) is 22.9. The van der Waals surface area contributed by atoms with E-state index in [2.05, 4.69) is 5.32 Å². The van der Waals surface area contributed by atoms with Crippen LogP contribution >= 0.6 is 11.8 Å². The number of carbonyl (C=O) groups is 3. The molecule has 0 bridgehead atoms. The van der Waals surface area contributed by atoms with Gasteiger partial charge in [-0.1, -0.05) is 12.1 Å². The summed E-state index contributed by atoms with van der Waals surface area (Å²) in [4.78, 5) is 39.8. The van der Waals surface area contributed by atoms with E-state index in [-0.39, 0.29) is 35.6 Å². The third kappa shape index (κ3) is 5.70. The van der Waals surface area contributed by atoms with Crippen molar-refractivity contribution in [3.05, 3.63) is 53.9 Å². The van der Waals surface area contributed by atoms with E-state index in [9.17, 15) is 14.4 Å². The summed E-state index contributed by atoms with van der Waals surface area (Å²) < 4.78 is 6.81. The molecule has 0 saturated carbocycles. The monoisotopic (exact) mass is 443 g/mol. The number of hydrogen-bond donors (Lipinski definition) is 1. The number of amides is 2. The molecule has 1 N–H and O–H groups in total. The fraction of sp³-hybridized carbons (Fsp3) is 0.435. The molecular formula is C23H29N3O4S. The normalized spacial score (nSPS) is 14.5. The van der Waals surface area contributed by atoms with Crippen molar-refractivity contribution < 1.29 is 19.1 Å². The highest BCUT2D eigenvalue weighted by Gasteiger charge is 2.27. The molecule has 2 aromatic rings. The molecule has 0 radical (unpaired) electrons. The van der Waals surface area contributed by atoms with Gasteiger partial charge in [0.15, 0.2) is 0 Å². The van der Waals surface area contributed by atoms with E-state index in [1.54, 1.807) is 6.07 Å². The number of likely N-dealkylation sites (tertiary alicyclic amines) is 1. The number of ether oxygens (including phenoxy) is 1. The van der Waals surface area contributed by atoms with Crippen molar-refractivity contribution in [2.75, 3.05) is 26.0 Å². The maximum atomic E-state index is 13.2. The number of esters is 1. The molecular weight excluding hydrogens is 414 g/mol. The van der Waals surface area contributed by atoms with E-state index >= 15 is 0 Å². The van der Waals surface area contributed by atoms with E-state index < -0.39 is 0 Å².